The monoisotopic (exact) mass is 431 g/mol. The Balaban J connectivity index is 2.21. The second-order valence-electron chi connectivity index (χ2n) is 5.52. The molecule has 2 N–H and O–H groups in total. The van der Waals surface area contributed by atoms with E-state index in [1.165, 1.54) is 14.2 Å². The molecule has 0 aliphatic carbocycles. The Kier molecular flexibility index (Phi) is 7.04. The number of halogens is 3. The highest BCUT2D eigenvalue weighted by Gasteiger charge is 2.28. The number of benzene rings is 2. The van der Waals surface area contributed by atoms with E-state index >= 15 is 0 Å². The second kappa shape index (κ2) is 9.28. The van der Waals surface area contributed by atoms with Crippen molar-refractivity contribution in [3.05, 3.63) is 46.5 Å². The van der Waals surface area contributed by atoms with Crippen molar-refractivity contribution in [3.8, 4) is 17.2 Å². The molecule has 8 nitrogen and oxygen atoms in total. The molecule has 0 spiro atoms. The SMILES string of the molecule is COc1ccc(OC)c(NC(=S)Nc2cc(OCC(F)(F)F)cc([N+](=O)[O-])c2)c1. The van der Waals surface area contributed by atoms with Crippen LogP contribution in [-0.2, 0) is 0 Å². The molecule has 156 valence electrons. The molecule has 2 aromatic carbocycles. The highest BCUT2D eigenvalue weighted by Crippen LogP contribution is 2.30. The van der Waals surface area contributed by atoms with Crippen molar-refractivity contribution < 1.29 is 32.3 Å². The average Bonchev–Trinajstić information content (AvgIpc) is 2.65. The molecule has 0 heterocycles. The number of methoxy groups -OCH3 is 2. The van der Waals surface area contributed by atoms with Gasteiger partial charge >= 0.3 is 6.18 Å². The van der Waals surface area contributed by atoms with Gasteiger partial charge in [-0.15, -0.1) is 0 Å². The Morgan fingerprint density at radius 2 is 1.83 bits per heavy atom. The molecule has 2 aromatic rings. The van der Waals surface area contributed by atoms with Crippen LogP contribution in [0.25, 0.3) is 0 Å². The Bertz CT molecular complexity index is 908. The van der Waals surface area contributed by atoms with Crippen molar-refractivity contribution in [1.82, 2.24) is 0 Å². The number of nitro benzene ring substituents is 1. The molecule has 0 atom stereocenters. The van der Waals surface area contributed by atoms with E-state index < -0.39 is 23.4 Å². The van der Waals surface area contributed by atoms with Gasteiger partial charge in [0.1, 0.15) is 17.2 Å². The number of nitrogens with one attached hydrogen (secondary N) is 2. The van der Waals surface area contributed by atoms with Crippen LogP contribution in [0.3, 0.4) is 0 Å². The molecule has 0 aliphatic heterocycles. The van der Waals surface area contributed by atoms with E-state index in [1.54, 1.807) is 18.2 Å². The molecule has 0 amide bonds. The standard InChI is InChI=1S/C17H16F3N3O5S/c1-26-12-3-4-15(27-2)14(8-12)22-16(29)21-10-5-11(23(24)25)7-13(6-10)28-9-17(18,19)20/h3-8H,9H2,1-2H3,(H2,21,22,29). The van der Waals surface area contributed by atoms with E-state index in [9.17, 15) is 23.3 Å². The van der Waals surface area contributed by atoms with E-state index in [-0.39, 0.29) is 16.5 Å². The van der Waals surface area contributed by atoms with Crippen LogP contribution in [0.5, 0.6) is 17.2 Å². The number of nitrogens with zero attached hydrogens (tertiary/aromatic N) is 1. The van der Waals surface area contributed by atoms with Crippen molar-refractivity contribution in [1.29, 1.82) is 0 Å². The number of hydrogen-bond acceptors (Lipinski definition) is 6. The van der Waals surface area contributed by atoms with Crippen molar-refractivity contribution in [2.24, 2.45) is 0 Å². The lowest BCUT2D eigenvalue weighted by molar-refractivity contribution is -0.384. The van der Waals surface area contributed by atoms with Gasteiger partial charge < -0.3 is 24.8 Å². The van der Waals surface area contributed by atoms with E-state index in [0.29, 0.717) is 17.2 Å². The first-order chi connectivity index (χ1) is 13.6. The fourth-order valence-corrected chi connectivity index (χ4v) is 2.43. The molecule has 0 saturated heterocycles. The number of thiocarbonyl (C=S) groups is 1. The molecular formula is C17H16F3N3O5S. The number of ether oxygens (including phenoxy) is 3. The zero-order valence-electron chi connectivity index (χ0n) is 15.2. The summed E-state index contributed by atoms with van der Waals surface area (Å²) in [4.78, 5) is 10.3. The molecule has 0 radical (unpaired) electrons. The van der Waals surface area contributed by atoms with Crippen LogP contribution in [0.4, 0.5) is 30.2 Å². The van der Waals surface area contributed by atoms with Gasteiger partial charge in [0.2, 0.25) is 0 Å². The molecule has 0 aliphatic rings. The van der Waals surface area contributed by atoms with Gasteiger partial charge in [0.25, 0.3) is 5.69 Å². The zero-order chi connectivity index (χ0) is 21.6. The molecule has 0 unspecified atom stereocenters. The maximum atomic E-state index is 12.4. The fourth-order valence-electron chi connectivity index (χ4n) is 2.21. The number of non-ortho nitro benzene ring substituents is 1. The smallest absolute Gasteiger partial charge is 0.422 e. The summed E-state index contributed by atoms with van der Waals surface area (Å²) in [6.07, 6.45) is -4.59. The highest BCUT2D eigenvalue weighted by atomic mass is 32.1. The average molecular weight is 431 g/mol. The first kappa shape index (κ1) is 22.0. The summed E-state index contributed by atoms with van der Waals surface area (Å²) in [5.74, 6) is 0.637. The summed E-state index contributed by atoms with van der Waals surface area (Å²) in [7, 11) is 2.93. The van der Waals surface area contributed by atoms with E-state index in [4.69, 9.17) is 21.7 Å². The number of alkyl halides is 3. The molecule has 0 bridgehead atoms. The van der Waals surface area contributed by atoms with E-state index in [1.807, 2.05) is 0 Å². The van der Waals surface area contributed by atoms with Crippen LogP contribution >= 0.6 is 12.2 Å². The van der Waals surface area contributed by atoms with Crippen molar-refractivity contribution in [2.45, 2.75) is 6.18 Å². The quantitative estimate of drug-likeness (QED) is 0.379. The summed E-state index contributed by atoms with van der Waals surface area (Å²) < 4.78 is 52.0. The second-order valence-corrected chi connectivity index (χ2v) is 5.93. The first-order valence-corrected chi connectivity index (χ1v) is 8.31. The molecule has 0 fully saturated rings. The van der Waals surface area contributed by atoms with Gasteiger partial charge in [-0.05, 0) is 24.4 Å². The molecule has 12 heteroatoms. The third kappa shape index (κ3) is 6.68. The minimum atomic E-state index is -4.59. The summed E-state index contributed by atoms with van der Waals surface area (Å²) in [5, 5.41) is 16.6. The maximum absolute atomic E-state index is 12.4. The lowest BCUT2D eigenvalue weighted by Crippen LogP contribution is -2.20. The molecule has 0 aromatic heterocycles. The third-order valence-electron chi connectivity index (χ3n) is 3.42. The topological polar surface area (TPSA) is 94.9 Å². The predicted molar refractivity (Wildman–Crippen MR) is 104 cm³/mol. The minimum Gasteiger partial charge on any atom is -0.497 e. The Morgan fingerprint density at radius 3 is 2.41 bits per heavy atom. The van der Waals surface area contributed by atoms with Gasteiger partial charge in [0.15, 0.2) is 11.7 Å². The highest BCUT2D eigenvalue weighted by molar-refractivity contribution is 7.80. The van der Waals surface area contributed by atoms with E-state index in [0.717, 1.165) is 18.2 Å². The van der Waals surface area contributed by atoms with Gasteiger partial charge in [-0.3, -0.25) is 10.1 Å². The van der Waals surface area contributed by atoms with Crippen molar-refractivity contribution in [3.63, 3.8) is 0 Å². The minimum absolute atomic E-state index is 0.0128. The van der Waals surface area contributed by atoms with Crippen LogP contribution in [0.15, 0.2) is 36.4 Å². The lowest BCUT2D eigenvalue weighted by Gasteiger charge is -2.15. The fraction of sp³-hybridized carbons (Fsp3) is 0.235. The number of nitro groups is 1. The third-order valence-corrected chi connectivity index (χ3v) is 3.62. The summed E-state index contributed by atoms with van der Waals surface area (Å²) in [6.45, 7) is -1.59. The van der Waals surface area contributed by atoms with Gasteiger partial charge in [-0.25, -0.2) is 0 Å². The Labute approximate surface area is 168 Å². The van der Waals surface area contributed by atoms with Gasteiger partial charge in [0.05, 0.1) is 36.6 Å². The number of hydrogen-bond donors (Lipinski definition) is 2. The summed E-state index contributed by atoms with van der Waals surface area (Å²) >= 11 is 5.17. The number of rotatable bonds is 7. The van der Waals surface area contributed by atoms with Crippen LogP contribution in [0.1, 0.15) is 0 Å². The summed E-state index contributed by atoms with van der Waals surface area (Å²) in [6, 6.07) is 8.08. The normalized spacial score (nSPS) is 10.8. The van der Waals surface area contributed by atoms with E-state index in [2.05, 4.69) is 15.4 Å². The molecule has 2 rings (SSSR count). The molecular weight excluding hydrogens is 415 g/mol. The Hall–Kier alpha value is -3.28. The maximum Gasteiger partial charge on any atom is 0.422 e. The zero-order valence-corrected chi connectivity index (χ0v) is 16.0. The van der Waals surface area contributed by atoms with Gasteiger partial charge in [-0.2, -0.15) is 13.2 Å². The van der Waals surface area contributed by atoms with Crippen LogP contribution < -0.4 is 24.8 Å². The largest absolute Gasteiger partial charge is 0.497 e. The first-order valence-electron chi connectivity index (χ1n) is 7.90. The predicted octanol–water partition coefficient (Wildman–Crippen LogP) is 4.36. The molecule has 0 saturated carbocycles. The van der Waals surface area contributed by atoms with Crippen molar-refractivity contribution >= 4 is 34.4 Å². The van der Waals surface area contributed by atoms with Gasteiger partial charge in [-0.1, -0.05) is 0 Å². The van der Waals surface area contributed by atoms with Crippen molar-refractivity contribution in [2.75, 3.05) is 31.5 Å². The van der Waals surface area contributed by atoms with Crippen LogP contribution in [0, 0.1) is 10.1 Å². The molecule has 29 heavy (non-hydrogen) atoms. The Morgan fingerprint density at radius 1 is 1.10 bits per heavy atom. The van der Waals surface area contributed by atoms with Crippen LogP contribution in [0.2, 0.25) is 0 Å². The van der Waals surface area contributed by atoms with Gasteiger partial charge in [0, 0.05) is 18.2 Å². The van der Waals surface area contributed by atoms with Crippen LogP contribution in [-0.4, -0.2) is 37.0 Å². The lowest BCUT2D eigenvalue weighted by atomic mass is 10.2. The summed E-state index contributed by atoms with van der Waals surface area (Å²) in [5.41, 5.74) is 0.0491. The number of anilines is 2.